The van der Waals surface area contributed by atoms with Crippen molar-refractivity contribution in [2.24, 2.45) is 0 Å². The van der Waals surface area contributed by atoms with Crippen molar-refractivity contribution in [3.63, 3.8) is 0 Å². The first-order valence-corrected chi connectivity index (χ1v) is 9.85. The second-order valence-corrected chi connectivity index (χ2v) is 8.64. The Morgan fingerprint density at radius 2 is 1.85 bits per heavy atom. The zero-order valence-electron chi connectivity index (χ0n) is 14.1. The van der Waals surface area contributed by atoms with Crippen molar-refractivity contribution in [1.29, 1.82) is 0 Å². The van der Waals surface area contributed by atoms with E-state index < -0.39 is 5.25 Å². The van der Waals surface area contributed by atoms with Crippen molar-refractivity contribution in [3.05, 3.63) is 69.9 Å². The average molecular weight is 406 g/mol. The zero-order valence-corrected chi connectivity index (χ0v) is 16.6. The first-order valence-electron chi connectivity index (χ1n) is 7.74. The van der Waals surface area contributed by atoms with Crippen LogP contribution >= 0.6 is 35.3 Å². The molecule has 0 aliphatic rings. The van der Waals surface area contributed by atoms with Gasteiger partial charge in [-0.25, -0.2) is 9.07 Å². The van der Waals surface area contributed by atoms with E-state index in [0.29, 0.717) is 14.0 Å². The second-order valence-electron chi connectivity index (χ2n) is 5.66. The number of halogens is 1. The highest BCUT2D eigenvalue weighted by Gasteiger charge is 2.25. The van der Waals surface area contributed by atoms with Gasteiger partial charge in [0.1, 0.15) is 11.1 Å². The summed E-state index contributed by atoms with van der Waals surface area (Å²) in [5.74, 6) is -0.332. The summed E-state index contributed by atoms with van der Waals surface area (Å²) >= 11 is 8.09. The first kappa shape index (κ1) is 18.8. The summed E-state index contributed by atoms with van der Waals surface area (Å²) in [4.78, 5) is 14.2. The van der Waals surface area contributed by atoms with Crippen LogP contribution in [0.3, 0.4) is 0 Å². The quantitative estimate of drug-likeness (QED) is 0.455. The number of rotatable bonds is 5. The van der Waals surface area contributed by atoms with E-state index in [2.05, 4.69) is 5.10 Å². The van der Waals surface area contributed by atoms with E-state index in [4.69, 9.17) is 12.2 Å². The number of carbonyl (C=O) groups excluding carboxylic acids is 1. The Bertz CT molecular complexity index is 952. The highest BCUT2D eigenvalue weighted by Crippen LogP contribution is 2.38. The summed E-state index contributed by atoms with van der Waals surface area (Å²) in [5.41, 5.74) is 1.60. The third-order valence-corrected chi connectivity index (χ3v) is 6.14. The van der Waals surface area contributed by atoms with Crippen molar-refractivity contribution in [2.75, 3.05) is 14.1 Å². The Morgan fingerprint density at radius 3 is 2.46 bits per heavy atom. The van der Waals surface area contributed by atoms with E-state index in [0.717, 1.165) is 5.56 Å². The molecular formula is C18H16FN3OS3. The van der Waals surface area contributed by atoms with Crippen molar-refractivity contribution in [2.45, 2.75) is 9.59 Å². The number of hydrogen-bond acceptors (Lipinski definition) is 5. The molecule has 0 fully saturated rings. The zero-order chi connectivity index (χ0) is 18.7. The summed E-state index contributed by atoms with van der Waals surface area (Å²) in [5, 5.41) is 4.11. The fourth-order valence-corrected chi connectivity index (χ4v) is 4.98. The summed E-state index contributed by atoms with van der Waals surface area (Å²) in [7, 11) is 3.47. The van der Waals surface area contributed by atoms with Crippen LogP contribution in [0.25, 0.3) is 5.69 Å². The van der Waals surface area contributed by atoms with E-state index in [9.17, 15) is 9.18 Å². The SMILES string of the molecule is CN(C)C(=O)[C@H](Sc1nn(-c2ccc(F)cc2)c(=S)s1)c1ccccc1. The number of benzene rings is 2. The smallest absolute Gasteiger partial charge is 0.240 e. The molecule has 0 radical (unpaired) electrons. The van der Waals surface area contributed by atoms with Crippen molar-refractivity contribution in [3.8, 4) is 5.69 Å². The van der Waals surface area contributed by atoms with Crippen molar-refractivity contribution in [1.82, 2.24) is 14.7 Å². The van der Waals surface area contributed by atoms with Crippen LogP contribution in [0.5, 0.6) is 0 Å². The van der Waals surface area contributed by atoms with Crippen molar-refractivity contribution >= 4 is 41.2 Å². The summed E-state index contributed by atoms with van der Waals surface area (Å²) in [6.45, 7) is 0. The molecule has 26 heavy (non-hydrogen) atoms. The molecule has 2 aromatic carbocycles. The molecule has 0 saturated heterocycles. The molecule has 1 aromatic heterocycles. The Kier molecular flexibility index (Phi) is 5.85. The van der Waals surface area contributed by atoms with Crippen LogP contribution in [0.1, 0.15) is 10.8 Å². The predicted octanol–water partition coefficient (Wildman–Crippen LogP) is 4.72. The van der Waals surface area contributed by atoms with Gasteiger partial charge in [-0.3, -0.25) is 4.79 Å². The molecule has 1 atom stereocenters. The number of hydrogen-bond donors (Lipinski definition) is 0. The largest absolute Gasteiger partial charge is 0.348 e. The van der Waals surface area contributed by atoms with Gasteiger partial charge in [-0.1, -0.05) is 53.4 Å². The van der Waals surface area contributed by atoms with E-state index in [-0.39, 0.29) is 11.7 Å². The minimum absolute atomic E-state index is 0.0179. The Labute approximate surface area is 164 Å². The lowest BCUT2D eigenvalue weighted by Gasteiger charge is -2.19. The molecule has 4 nitrogen and oxygen atoms in total. The molecule has 0 aliphatic carbocycles. The lowest BCUT2D eigenvalue weighted by molar-refractivity contribution is -0.128. The molecule has 0 saturated carbocycles. The maximum absolute atomic E-state index is 13.1. The van der Waals surface area contributed by atoms with Gasteiger partial charge in [0.05, 0.1) is 5.69 Å². The van der Waals surface area contributed by atoms with E-state index in [1.54, 1.807) is 35.8 Å². The maximum atomic E-state index is 13.1. The highest BCUT2D eigenvalue weighted by molar-refractivity contribution is 8.02. The van der Waals surface area contributed by atoms with Gasteiger partial charge in [0, 0.05) is 14.1 Å². The number of amides is 1. The van der Waals surface area contributed by atoms with Gasteiger partial charge in [0.2, 0.25) is 5.91 Å². The molecule has 0 unspecified atom stereocenters. The fraction of sp³-hybridized carbons (Fsp3) is 0.167. The fourth-order valence-electron chi connectivity index (χ4n) is 2.28. The monoisotopic (exact) mass is 405 g/mol. The highest BCUT2D eigenvalue weighted by atomic mass is 32.2. The Morgan fingerprint density at radius 1 is 1.19 bits per heavy atom. The van der Waals surface area contributed by atoms with E-state index in [1.807, 2.05) is 30.3 Å². The maximum Gasteiger partial charge on any atom is 0.240 e. The van der Waals surface area contributed by atoms with Crippen LogP contribution in [0, 0.1) is 9.77 Å². The van der Waals surface area contributed by atoms with Crippen LogP contribution in [0.2, 0.25) is 0 Å². The van der Waals surface area contributed by atoms with Crippen molar-refractivity contribution < 1.29 is 9.18 Å². The van der Waals surface area contributed by atoms with Gasteiger partial charge < -0.3 is 4.90 Å². The van der Waals surface area contributed by atoms with E-state index >= 15 is 0 Å². The summed E-state index contributed by atoms with van der Waals surface area (Å²) < 4.78 is 15.9. The van der Waals surface area contributed by atoms with Crippen LogP contribution in [-0.2, 0) is 4.79 Å². The minimum Gasteiger partial charge on any atom is -0.348 e. The van der Waals surface area contributed by atoms with Gasteiger partial charge in [0.25, 0.3) is 0 Å². The molecule has 0 bridgehead atoms. The van der Waals surface area contributed by atoms with Gasteiger partial charge in [0.15, 0.2) is 8.29 Å². The van der Waals surface area contributed by atoms with Crippen LogP contribution in [0.4, 0.5) is 4.39 Å². The third kappa shape index (κ3) is 4.20. The standard InChI is InChI=1S/C18H16FN3OS3/c1-21(2)16(23)15(12-6-4-3-5-7-12)25-17-20-22(18(24)26-17)14-10-8-13(19)9-11-14/h3-11,15H,1-2H3/t15-/m1/s1. The van der Waals surface area contributed by atoms with Crippen LogP contribution < -0.4 is 0 Å². The summed E-state index contributed by atoms with van der Waals surface area (Å²) in [6.07, 6.45) is 0. The number of aromatic nitrogens is 2. The number of carbonyl (C=O) groups is 1. The molecular weight excluding hydrogens is 389 g/mol. The van der Waals surface area contributed by atoms with E-state index in [1.165, 1.54) is 35.2 Å². The van der Waals surface area contributed by atoms with Gasteiger partial charge in [-0.15, -0.1) is 5.10 Å². The van der Waals surface area contributed by atoms with Crippen LogP contribution in [-0.4, -0.2) is 34.7 Å². The molecule has 3 rings (SSSR count). The molecule has 0 aliphatic heterocycles. The lowest BCUT2D eigenvalue weighted by Crippen LogP contribution is -2.26. The second kappa shape index (κ2) is 8.11. The third-order valence-electron chi connectivity index (χ3n) is 3.59. The lowest BCUT2D eigenvalue weighted by atomic mass is 10.1. The molecule has 1 heterocycles. The first-order chi connectivity index (χ1) is 12.5. The molecule has 1 amide bonds. The van der Waals surface area contributed by atoms with Gasteiger partial charge in [-0.2, -0.15) is 0 Å². The molecule has 8 heteroatoms. The summed E-state index contributed by atoms with van der Waals surface area (Å²) in [6, 6.07) is 15.6. The molecule has 134 valence electrons. The van der Waals surface area contributed by atoms with Gasteiger partial charge in [-0.05, 0) is 42.0 Å². The molecule has 0 N–H and O–H groups in total. The normalized spacial score (nSPS) is 12.0. The number of nitrogens with zero attached hydrogens (tertiary/aromatic N) is 3. The average Bonchev–Trinajstić information content (AvgIpc) is 3.01. The molecule has 0 spiro atoms. The number of likely N-dealkylation sites (N-methyl/N-ethyl adjacent to an activating group) is 1. The Hall–Kier alpha value is -2.03. The molecule has 3 aromatic rings. The number of thioether (sulfide) groups is 1. The van der Waals surface area contributed by atoms with Crippen LogP contribution in [0.15, 0.2) is 58.9 Å². The van der Waals surface area contributed by atoms with Gasteiger partial charge >= 0.3 is 0 Å². The minimum atomic E-state index is -0.409. The predicted molar refractivity (Wildman–Crippen MR) is 106 cm³/mol. The topological polar surface area (TPSA) is 38.1 Å². The Balaban J connectivity index is 1.93.